The van der Waals surface area contributed by atoms with Crippen LogP contribution in [-0.2, 0) is 10.0 Å². The summed E-state index contributed by atoms with van der Waals surface area (Å²) in [5, 5.41) is 31.9. The van der Waals surface area contributed by atoms with E-state index in [1.807, 2.05) is 0 Å². The Hall–Kier alpha value is -4.24. The van der Waals surface area contributed by atoms with Crippen LogP contribution in [0.5, 0.6) is 0 Å². The van der Waals surface area contributed by atoms with Crippen molar-refractivity contribution in [3.05, 3.63) is 80.1 Å². The van der Waals surface area contributed by atoms with E-state index in [1.54, 1.807) is 13.0 Å². The molecule has 1 heterocycles. The molecule has 1 amide bonds. The molecule has 15 heteroatoms. The number of carbonyl (C=O) groups is 1. The van der Waals surface area contributed by atoms with Gasteiger partial charge in [0.15, 0.2) is 5.69 Å². The smallest absolute Gasteiger partial charge is 0.273 e. The number of nitro groups is 2. The van der Waals surface area contributed by atoms with E-state index in [0.29, 0.717) is 11.4 Å². The summed E-state index contributed by atoms with van der Waals surface area (Å²) in [7, 11) is -4.02. The number of benzene rings is 2. The highest BCUT2D eigenvalue weighted by molar-refractivity contribution is 7.89. The Balaban J connectivity index is 1.62. The fourth-order valence-electron chi connectivity index (χ4n) is 2.82. The molecule has 2 aromatic carbocycles. The second-order valence-corrected chi connectivity index (χ2v) is 8.39. The molecular weight excluding hydrogens is 458 g/mol. The molecule has 0 radical (unpaired) electrons. The lowest BCUT2D eigenvalue weighted by Crippen LogP contribution is -2.35. The van der Waals surface area contributed by atoms with Gasteiger partial charge in [0.05, 0.1) is 26.1 Å². The number of nitro benzene ring substituents is 2. The Morgan fingerprint density at radius 1 is 1.03 bits per heavy atom. The van der Waals surface area contributed by atoms with E-state index < -0.39 is 25.8 Å². The van der Waals surface area contributed by atoms with E-state index in [-0.39, 0.29) is 35.1 Å². The molecule has 1 aromatic heterocycles. The SMILES string of the molecule is Cc1c(C(=O)NCCNS(=O)(=O)c2cccc([N+](=O)[O-])c2)nnn1-c1cccc([N+](=O)[O-])c1. The van der Waals surface area contributed by atoms with Gasteiger partial charge in [0.1, 0.15) is 0 Å². The number of non-ortho nitro benzene ring substituents is 2. The Labute approximate surface area is 186 Å². The molecule has 0 aliphatic heterocycles. The number of aromatic nitrogens is 3. The molecule has 0 fully saturated rings. The fraction of sp³-hybridized carbons (Fsp3) is 0.167. The van der Waals surface area contributed by atoms with Gasteiger partial charge in [0.2, 0.25) is 10.0 Å². The van der Waals surface area contributed by atoms with Gasteiger partial charge in [-0.25, -0.2) is 17.8 Å². The predicted molar refractivity (Wildman–Crippen MR) is 113 cm³/mol. The van der Waals surface area contributed by atoms with Gasteiger partial charge in [-0.3, -0.25) is 25.0 Å². The summed E-state index contributed by atoms with van der Waals surface area (Å²) in [6.45, 7) is 1.27. The highest BCUT2D eigenvalue weighted by Crippen LogP contribution is 2.19. The van der Waals surface area contributed by atoms with Gasteiger partial charge in [-0.2, -0.15) is 0 Å². The van der Waals surface area contributed by atoms with Crippen molar-refractivity contribution in [3.63, 3.8) is 0 Å². The van der Waals surface area contributed by atoms with Crippen molar-refractivity contribution in [2.75, 3.05) is 13.1 Å². The molecule has 0 saturated heterocycles. The summed E-state index contributed by atoms with van der Waals surface area (Å²) in [6, 6.07) is 10.2. The highest BCUT2D eigenvalue weighted by atomic mass is 32.2. The van der Waals surface area contributed by atoms with Gasteiger partial charge >= 0.3 is 0 Å². The van der Waals surface area contributed by atoms with Crippen LogP contribution in [0.2, 0.25) is 0 Å². The van der Waals surface area contributed by atoms with Crippen LogP contribution in [0.15, 0.2) is 53.4 Å². The van der Waals surface area contributed by atoms with E-state index in [2.05, 4.69) is 20.4 Å². The van der Waals surface area contributed by atoms with Crippen LogP contribution in [0.1, 0.15) is 16.2 Å². The molecule has 2 N–H and O–H groups in total. The number of nitrogens with one attached hydrogen (secondary N) is 2. The Bertz CT molecular complexity index is 1340. The second kappa shape index (κ2) is 9.49. The van der Waals surface area contributed by atoms with E-state index in [1.165, 1.54) is 41.1 Å². The first-order valence-corrected chi connectivity index (χ1v) is 10.8. The lowest BCUT2D eigenvalue weighted by molar-refractivity contribution is -0.385. The summed E-state index contributed by atoms with van der Waals surface area (Å²) in [5.74, 6) is -0.626. The van der Waals surface area contributed by atoms with Crippen LogP contribution >= 0.6 is 0 Å². The van der Waals surface area contributed by atoms with Crippen LogP contribution in [-0.4, -0.2) is 52.3 Å². The summed E-state index contributed by atoms with van der Waals surface area (Å²) in [4.78, 5) is 32.6. The van der Waals surface area contributed by atoms with Crippen molar-refractivity contribution in [3.8, 4) is 5.69 Å². The maximum atomic E-state index is 12.4. The zero-order chi connectivity index (χ0) is 24.2. The first-order valence-electron chi connectivity index (χ1n) is 9.29. The third-order valence-corrected chi connectivity index (χ3v) is 5.89. The first-order chi connectivity index (χ1) is 15.6. The standard InChI is InChI=1S/C18H17N7O7S/c1-12-17(21-22-23(12)13-4-2-5-14(10-13)24(27)28)18(26)19-8-9-20-33(31,32)16-7-3-6-15(11-16)25(29)30/h2-7,10-11,20H,8-9H2,1H3,(H,19,26). The lowest BCUT2D eigenvalue weighted by atomic mass is 10.2. The van der Waals surface area contributed by atoms with Gasteiger partial charge in [0.25, 0.3) is 17.3 Å². The molecule has 0 aliphatic rings. The zero-order valence-electron chi connectivity index (χ0n) is 17.0. The number of hydrogen-bond acceptors (Lipinski definition) is 9. The van der Waals surface area contributed by atoms with Gasteiger partial charge < -0.3 is 5.32 Å². The highest BCUT2D eigenvalue weighted by Gasteiger charge is 2.20. The van der Waals surface area contributed by atoms with Crippen LogP contribution in [0, 0.1) is 27.2 Å². The summed E-state index contributed by atoms with van der Waals surface area (Å²) >= 11 is 0. The molecule has 0 bridgehead atoms. The van der Waals surface area contributed by atoms with E-state index in [9.17, 15) is 33.4 Å². The third kappa shape index (κ3) is 5.34. The largest absolute Gasteiger partial charge is 0.349 e. The fourth-order valence-corrected chi connectivity index (χ4v) is 3.89. The Morgan fingerprint density at radius 3 is 2.33 bits per heavy atom. The number of amides is 1. The second-order valence-electron chi connectivity index (χ2n) is 6.62. The monoisotopic (exact) mass is 475 g/mol. The number of nitrogens with zero attached hydrogens (tertiary/aromatic N) is 5. The number of carbonyl (C=O) groups excluding carboxylic acids is 1. The molecule has 0 spiro atoms. The number of hydrogen-bond donors (Lipinski definition) is 2. The topological polar surface area (TPSA) is 192 Å². The average Bonchev–Trinajstić information content (AvgIpc) is 3.18. The average molecular weight is 475 g/mol. The quantitative estimate of drug-likeness (QED) is 0.259. The zero-order valence-corrected chi connectivity index (χ0v) is 17.9. The van der Waals surface area contributed by atoms with Gasteiger partial charge in [-0.1, -0.05) is 17.3 Å². The van der Waals surface area contributed by atoms with Crippen molar-refractivity contribution in [1.29, 1.82) is 0 Å². The minimum absolute atomic E-state index is 0.0388. The molecule has 0 atom stereocenters. The lowest BCUT2D eigenvalue weighted by Gasteiger charge is -2.08. The van der Waals surface area contributed by atoms with Crippen LogP contribution < -0.4 is 10.0 Å². The van der Waals surface area contributed by atoms with Crippen molar-refractivity contribution in [1.82, 2.24) is 25.0 Å². The summed E-state index contributed by atoms with van der Waals surface area (Å²) in [6.07, 6.45) is 0. The first kappa shape index (κ1) is 23.4. The van der Waals surface area contributed by atoms with Crippen molar-refractivity contribution < 1.29 is 23.1 Å². The molecule has 172 valence electrons. The normalized spacial score (nSPS) is 11.2. The van der Waals surface area contributed by atoms with E-state index in [4.69, 9.17) is 0 Å². The van der Waals surface area contributed by atoms with Gasteiger partial charge in [-0.15, -0.1) is 5.10 Å². The Morgan fingerprint density at radius 2 is 1.67 bits per heavy atom. The minimum Gasteiger partial charge on any atom is -0.349 e. The molecule has 0 aliphatic carbocycles. The molecule has 3 rings (SSSR count). The molecule has 3 aromatic rings. The van der Waals surface area contributed by atoms with Crippen LogP contribution in [0.3, 0.4) is 0 Å². The molecule has 0 saturated carbocycles. The van der Waals surface area contributed by atoms with Gasteiger partial charge in [0, 0.05) is 37.4 Å². The van der Waals surface area contributed by atoms with E-state index >= 15 is 0 Å². The van der Waals surface area contributed by atoms with Gasteiger partial charge in [-0.05, 0) is 19.1 Å². The number of sulfonamides is 1. The van der Waals surface area contributed by atoms with Crippen LogP contribution in [0.4, 0.5) is 11.4 Å². The predicted octanol–water partition coefficient (Wildman–Crippen LogP) is 1.10. The van der Waals surface area contributed by atoms with Crippen LogP contribution in [0.25, 0.3) is 5.69 Å². The van der Waals surface area contributed by atoms with Crippen molar-refractivity contribution >= 4 is 27.3 Å². The number of rotatable bonds is 9. The molecule has 33 heavy (non-hydrogen) atoms. The summed E-state index contributed by atoms with van der Waals surface area (Å²) < 4.78 is 28.1. The summed E-state index contributed by atoms with van der Waals surface area (Å²) in [5.41, 5.74) is 0.115. The van der Waals surface area contributed by atoms with Crippen molar-refractivity contribution in [2.45, 2.75) is 11.8 Å². The molecule has 0 unspecified atom stereocenters. The maximum absolute atomic E-state index is 12.4. The minimum atomic E-state index is -4.02. The van der Waals surface area contributed by atoms with Crippen molar-refractivity contribution in [2.24, 2.45) is 0 Å². The molecular formula is C18H17N7O7S. The third-order valence-electron chi connectivity index (χ3n) is 4.44. The Kier molecular flexibility index (Phi) is 6.74. The maximum Gasteiger partial charge on any atom is 0.273 e. The molecule has 14 nitrogen and oxygen atoms in total. The van der Waals surface area contributed by atoms with E-state index in [0.717, 1.165) is 6.07 Å².